The van der Waals surface area contributed by atoms with Gasteiger partial charge in [0.1, 0.15) is 11.6 Å². The second kappa shape index (κ2) is 5.64. The number of nitrogens with two attached hydrogens (primary N) is 1. The van der Waals surface area contributed by atoms with Crippen LogP contribution in [0.1, 0.15) is 12.1 Å². The average molecular weight is 249 g/mol. The summed E-state index contributed by atoms with van der Waals surface area (Å²) in [6.07, 6.45) is 1.58. The Morgan fingerprint density at radius 1 is 1.06 bits per heavy atom. The van der Waals surface area contributed by atoms with Gasteiger partial charge in [0, 0.05) is 11.6 Å². The van der Waals surface area contributed by atoms with Crippen LogP contribution < -0.4 is 5.73 Å². The van der Waals surface area contributed by atoms with Gasteiger partial charge in [0.25, 0.3) is 0 Å². The summed E-state index contributed by atoms with van der Waals surface area (Å²) in [6, 6.07) is 6.84. The van der Waals surface area contributed by atoms with Crippen molar-refractivity contribution in [3.05, 3.63) is 47.7 Å². The molecule has 0 spiro atoms. The second-order valence-electron chi connectivity index (χ2n) is 3.93. The molecule has 0 unspecified atom stereocenters. The van der Waals surface area contributed by atoms with E-state index < -0.39 is 11.6 Å². The third-order valence-corrected chi connectivity index (χ3v) is 2.56. The fourth-order valence-electron chi connectivity index (χ4n) is 1.62. The van der Waals surface area contributed by atoms with Gasteiger partial charge in [0.2, 0.25) is 0 Å². The molecule has 1 aromatic heterocycles. The molecule has 5 heteroatoms. The zero-order valence-corrected chi connectivity index (χ0v) is 9.74. The molecule has 18 heavy (non-hydrogen) atoms. The Kier molecular flexibility index (Phi) is 3.94. The Morgan fingerprint density at radius 3 is 2.50 bits per heavy atom. The first-order valence-corrected chi connectivity index (χ1v) is 5.69. The van der Waals surface area contributed by atoms with Crippen molar-refractivity contribution in [3.8, 4) is 11.3 Å². The van der Waals surface area contributed by atoms with Gasteiger partial charge in [-0.25, -0.2) is 8.78 Å². The average Bonchev–Trinajstić information content (AvgIpc) is 2.37. The summed E-state index contributed by atoms with van der Waals surface area (Å²) in [5.41, 5.74) is 6.85. The highest BCUT2D eigenvalue weighted by Gasteiger charge is 2.08. The molecule has 0 saturated heterocycles. The molecule has 0 fully saturated rings. The largest absolute Gasteiger partial charge is 0.330 e. The van der Waals surface area contributed by atoms with Crippen LogP contribution in [0.2, 0.25) is 0 Å². The normalized spacial score (nSPS) is 10.6. The van der Waals surface area contributed by atoms with Crippen LogP contribution in [0.25, 0.3) is 11.3 Å². The summed E-state index contributed by atoms with van der Waals surface area (Å²) in [6.45, 7) is 0.593. The molecule has 0 atom stereocenters. The standard InChI is InChI=1S/C13H13F2N3/c14-9-3-5-11(12(15)8-9)13-6-4-10(17-18-13)2-1-7-16/h3-6,8H,1-2,7,16H2. The van der Waals surface area contributed by atoms with Crippen molar-refractivity contribution in [1.29, 1.82) is 0 Å². The summed E-state index contributed by atoms with van der Waals surface area (Å²) in [7, 11) is 0. The lowest BCUT2D eigenvalue weighted by Crippen LogP contribution is -2.02. The predicted molar refractivity (Wildman–Crippen MR) is 64.8 cm³/mol. The van der Waals surface area contributed by atoms with Crippen LogP contribution in [0.15, 0.2) is 30.3 Å². The van der Waals surface area contributed by atoms with Gasteiger partial charge in [0.15, 0.2) is 0 Å². The Morgan fingerprint density at radius 2 is 1.89 bits per heavy atom. The second-order valence-corrected chi connectivity index (χ2v) is 3.93. The molecule has 0 aliphatic rings. The SMILES string of the molecule is NCCCc1ccc(-c2ccc(F)cc2F)nn1. The van der Waals surface area contributed by atoms with Crippen molar-refractivity contribution in [2.24, 2.45) is 5.73 Å². The third kappa shape index (κ3) is 2.87. The molecule has 0 aliphatic carbocycles. The molecule has 0 amide bonds. The number of rotatable bonds is 4. The molecule has 2 rings (SSSR count). The van der Waals surface area contributed by atoms with Gasteiger partial charge >= 0.3 is 0 Å². The van der Waals surface area contributed by atoms with E-state index in [4.69, 9.17) is 5.73 Å². The van der Waals surface area contributed by atoms with E-state index in [1.807, 2.05) is 0 Å². The Labute approximate surface area is 104 Å². The zero-order valence-electron chi connectivity index (χ0n) is 9.74. The topological polar surface area (TPSA) is 51.8 Å². The summed E-state index contributed by atoms with van der Waals surface area (Å²) < 4.78 is 26.3. The molecular weight excluding hydrogens is 236 g/mol. The minimum Gasteiger partial charge on any atom is -0.330 e. The zero-order chi connectivity index (χ0) is 13.0. The van der Waals surface area contributed by atoms with Crippen LogP contribution in [-0.4, -0.2) is 16.7 Å². The van der Waals surface area contributed by atoms with Crippen molar-refractivity contribution in [3.63, 3.8) is 0 Å². The van der Waals surface area contributed by atoms with Gasteiger partial charge in [-0.1, -0.05) is 0 Å². The van der Waals surface area contributed by atoms with Crippen molar-refractivity contribution in [2.45, 2.75) is 12.8 Å². The summed E-state index contributed by atoms with van der Waals surface area (Å²) in [5, 5.41) is 7.93. The van der Waals surface area contributed by atoms with Crippen molar-refractivity contribution in [1.82, 2.24) is 10.2 Å². The van der Waals surface area contributed by atoms with Gasteiger partial charge in [-0.05, 0) is 43.7 Å². The van der Waals surface area contributed by atoms with Crippen LogP contribution in [-0.2, 0) is 6.42 Å². The van der Waals surface area contributed by atoms with Crippen molar-refractivity contribution in [2.75, 3.05) is 6.54 Å². The van der Waals surface area contributed by atoms with E-state index >= 15 is 0 Å². The van der Waals surface area contributed by atoms with Crippen molar-refractivity contribution >= 4 is 0 Å². The number of halogens is 2. The number of aromatic nitrogens is 2. The third-order valence-electron chi connectivity index (χ3n) is 2.56. The maximum Gasteiger partial charge on any atom is 0.135 e. The molecular formula is C13H13F2N3. The Hall–Kier alpha value is -1.88. The molecule has 1 aromatic carbocycles. The van der Waals surface area contributed by atoms with E-state index in [2.05, 4.69) is 10.2 Å². The van der Waals surface area contributed by atoms with Crippen LogP contribution >= 0.6 is 0 Å². The first kappa shape index (κ1) is 12.6. The molecule has 2 aromatic rings. The Balaban J connectivity index is 2.23. The van der Waals surface area contributed by atoms with E-state index in [0.717, 1.165) is 24.6 Å². The van der Waals surface area contributed by atoms with Gasteiger partial charge < -0.3 is 5.73 Å². The summed E-state index contributed by atoms with van der Waals surface area (Å²) in [4.78, 5) is 0. The number of benzene rings is 1. The quantitative estimate of drug-likeness (QED) is 0.904. The minimum absolute atomic E-state index is 0.245. The Bertz CT molecular complexity index is 526. The predicted octanol–water partition coefficient (Wildman–Crippen LogP) is 2.31. The van der Waals surface area contributed by atoms with Gasteiger partial charge in [-0.3, -0.25) is 0 Å². The van der Waals surface area contributed by atoms with Crippen LogP contribution in [0.3, 0.4) is 0 Å². The van der Waals surface area contributed by atoms with Crippen LogP contribution in [0.4, 0.5) is 8.78 Å². The molecule has 0 aliphatic heterocycles. The van der Waals surface area contributed by atoms with Crippen LogP contribution in [0, 0.1) is 11.6 Å². The number of aryl methyl sites for hydroxylation is 1. The minimum atomic E-state index is -0.640. The highest BCUT2D eigenvalue weighted by molar-refractivity contribution is 5.59. The van der Waals surface area contributed by atoms with Gasteiger partial charge in [0.05, 0.1) is 11.4 Å². The molecule has 94 valence electrons. The van der Waals surface area contributed by atoms with E-state index in [-0.39, 0.29) is 5.56 Å². The number of hydrogen-bond acceptors (Lipinski definition) is 3. The lowest BCUT2D eigenvalue weighted by molar-refractivity contribution is 0.585. The lowest BCUT2D eigenvalue weighted by atomic mass is 10.1. The maximum absolute atomic E-state index is 13.5. The number of nitrogens with zero attached hydrogens (tertiary/aromatic N) is 2. The molecule has 3 nitrogen and oxygen atoms in total. The summed E-state index contributed by atoms with van der Waals surface area (Å²) >= 11 is 0. The number of hydrogen-bond donors (Lipinski definition) is 1. The smallest absolute Gasteiger partial charge is 0.135 e. The van der Waals surface area contributed by atoms with Gasteiger partial charge in [-0.15, -0.1) is 0 Å². The summed E-state index contributed by atoms with van der Waals surface area (Å²) in [5.74, 6) is -1.25. The van der Waals surface area contributed by atoms with E-state index in [1.165, 1.54) is 12.1 Å². The van der Waals surface area contributed by atoms with E-state index in [9.17, 15) is 8.78 Å². The lowest BCUT2D eigenvalue weighted by Gasteiger charge is -2.03. The monoisotopic (exact) mass is 249 g/mol. The molecule has 2 N–H and O–H groups in total. The fourth-order valence-corrected chi connectivity index (χ4v) is 1.62. The molecule has 0 bridgehead atoms. The highest BCUT2D eigenvalue weighted by Crippen LogP contribution is 2.20. The first-order valence-electron chi connectivity index (χ1n) is 5.69. The van der Waals surface area contributed by atoms with E-state index in [0.29, 0.717) is 12.2 Å². The van der Waals surface area contributed by atoms with Crippen LogP contribution in [0.5, 0.6) is 0 Å². The highest BCUT2D eigenvalue weighted by atomic mass is 19.1. The fraction of sp³-hybridized carbons (Fsp3) is 0.231. The molecule has 1 heterocycles. The van der Waals surface area contributed by atoms with E-state index in [1.54, 1.807) is 12.1 Å². The maximum atomic E-state index is 13.5. The first-order chi connectivity index (χ1) is 8.70. The molecule has 0 saturated carbocycles. The van der Waals surface area contributed by atoms with Gasteiger partial charge in [-0.2, -0.15) is 10.2 Å². The van der Waals surface area contributed by atoms with Crippen molar-refractivity contribution < 1.29 is 8.78 Å². The molecule has 0 radical (unpaired) electrons.